The molecule has 0 amide bonds. The lowest BCUT2D eigenvalue weighted by molar-refractivity contribution is 0.0375. The molecule has 0 saturated carbocycles. The maximum absolute atomic E-state index is 6.58. The van der Waals surface area contributed by atoms with Crippen LogP contribution in [0.2, 0.25) is 6.32 Å². The number of hydrogen-bond acceptors (Lipinski definition) is 2. The van der Waals surface area contributed by atoms with Gasteiger partial charge < -0.3 is 9.22 Å². The summed E-state index contributed by atoms with van der Waals surface area (Å²) >= 11 is 0. The Kier molecular flexibility index (Phi) is 4.72. The van der Waals surface area contributed by atoms with Crippen LogP contribution in [0.3, 0.4) is 0 Å². The Morgan fingerprint density at radius 1 is 0.794 bits per heavy atom. The smallest absolute Gasteiger partial charge is 0.328 e. The maximum Gasteiger partial charge on any atom is 0.328 e. The highest BCUT2D eigenvalue weighted by molar-refractivity contribution is 6.68. The van der Waals surface area contributed by atoms with Gasteiger partial charge in [0, 0.05) is 34.4 Å². The van der Waals surface area contributed by atoms with Gasteiger partial charge in [0.05, 0.1) is 16.6 Å². The molecule has 0 aliphatic carbocycles. The zero-order valence-electron chi connectivity index (χ0n) is 20.2. The van der Waals surface area contributed by atoms with Gasteiger partial charge >= 0.3 is 6.92 Å². The van der Waals surface area contributed by atoms with Gasteiger partial charge in [-0.1, -0.05) is 56.3 Å². The summed E-state index contributed by atoms with van der Waals surface area (Å²) in [5.74, 6) is 0. The number of fused-ring (bicyclic) bond motifs is 3. The number of nitrogens with zero attached hydrogens (tertiary/aromatic N) is 2. The molecule has 0 radical (unpaired) electrons. The van der Waals surface area contributed by atoms with Crippen molar-refractivity contribution in [3.63, 3.8) is 0 Å². The molecule has 0 spiro atoms. The van der Waals surface area contributed by atoms with E-state index in [1.54, 1.807) is 0 Å². The summed E-state index contributed by atoms with van der Waals surface area (Å²) in [6, 6.07) is 28.4. The van der Waals surface area contributed by atoms with E-state index in [2.05, 4.69) is 110 Å². The van der Waals surface area contributed by atoms with Crippen LogP contribution in [0.15, 0.2) is 91.3 Å². The molecule has 0 unspecified atom stereocenters. The van der Waals surface area contributed by atoms with Gasteiger partial charge in [-0.25, -0.2) is 0 Å². The van der Waals surface area contributed by atoms with Crippen molar-refractivity contribution in [2.75, 3.05) is 0 Å². The van der Waals surface area contributed by atoms with E-state index in [4.69, 9.17) is 4.65 Å². The molecular weight excluding hydrogens is 415 g/mol. The molecule has 4 heteroatoms. The fraction of sp³-hybridized carbons (Fsp3) is 0.233. The van der Waals surface area contributed by atoms with E-state index in [-0.39, 0.29) is 17.9 Å². The Morgan fingerprint density at radius 2 is 1.62 bits per heavy atom. The SMILES string of the molecule is CC1(C)CB(c2ccc3c4cc(-c5cccnc5)ccc4n(-c4ccccc4)c3c2)OC1(C)C. The van der Waals surface area contributed by atoms with E-state index >= 15 is 0 Å². The van der Waals surface area contributed by atoms with Crippen molar-refractivity contribution < 1.29 is 4.65 Å². The molecule has 2 aromatic heterocycles. The third-order valence-electron chi connectivity index (χ3n) is 7.93. The lowest BCUT2D eigenvalue weighted by Crippen LogP contribution is -2.36. The number of aromatic nitrogens is 2. The molecular formula is C30H29BN2O. The predicted octanol–water partition coefficient (Wildman–Crippen LogP) is 6.88. The molecule has 0 atom stereocenters. The summed E-state index contributed by atoms with van der Waals surface area (Å²) in [6.07, 6.45) is 4.76. The summed E-state index contributed by atoms with van der Waals surface area (Å²) in [4.78, 5) is 4.32. The molecule has 168 valence electrons. The molecule has 1 aliphatic rings. The van der Waals surface area contributed by atoms with Crippen molar-refractivity contribution in [3.8, 4) is 16.8 Å². The third kappa shape index (κ3) is 3.28. The average molecular weight is 444 g/mol. The van der Waals surface area contributed by atoms with Gasteiger partial charge in [0.15, 0.2) is 0 Å². The molecule has 6 rings (SSSR count). The minimum atomic E-state index is -0.155. The van der Waals surface area contributed by atoms with Gasteiger partial charge in [-0.2, -0.15) is 0 Å². The van der Waals surface area contributed by atoms with Gasteiger partial charge in [-0.05, 0) is 73.0 Å². The van der Waals surface area contributed by atoms with Crippen molar-refractivity contribution in [2.45, 2.75) is 39.6 Å². The lowest BCUT2D eigenvalue weighted by atomic mass is 9.54. The van der Waals surface area contributed by atoms with Crippen LogP contribution >= 0.6 is 0 Å². The van der Waals surface area contributed by atoms with Crippen LogP contribution in [0.1, 0.15) is 27.7 Å². The van der Waals surface area contributed by atoms with Crippen LogP contribution in [-0.4, -0.2) is 22.1 Å². The van der Waals surface area contributed by atoms with E-state index in [1.807, 2.05) is 18.5 Å². The van der Waals surface area contributed by atoms with E-state index < -0.39 is 0 Å². The number of para-hydroxylation sites is 1. The van der Waals surface area contributed by atoms with E-state index in [9.17, 15) is 0 Å². The highest BCUT2D eigenvalue weighted by Gasteiger charge is 2.49. The predicted molar refractivity (Wildman–Crippen MR) is 143 cm³/mol. The topological polar surface area (TPSA) is 27.1 Å². The molecule has 34 heavy (non-hydrogen) atoms. The van der Waals surface area contributed by atoms with Crippen LogP contribution < -0.4 is 5.46 Å². The number of rotatable bonds is 3. The first-order chi connectivity index (χ1) is 16.3. The van der Waals surface area contributed by atoms with Crippen LogP contribution in [0, 0.1) is 5.41 Å². The quantitative estimate of drug-likeness (QED) is 0.284. The number of pyridine rings is 1. The summed E-state index contributed by atoms with van der Waals surface area (Å²) in [7, 11) is 0. The Labute approximate surface area is 201 Å². The van der Waals surface area contributed by atoms with Crippen LogP contribution in [0.4, 0.5) is 0 Å². The Hall–Kier alpha value is -3.37. The van der Waals surface area contributed by atoms with Gasteiger partial charge in [-0.15, -0.1) is 0 Å². The zero-order chi connectivity index (χ0) is 23.5. The second-order valence-electron chi connectivity index (χ2n) is 10.6. The van der Waals surface area contributed by atoms with Gasteiger partial charge in [0.1, 0.15) is 0 Å². The monoisotopic (exact) mass is 444 g/mol. The third-order valence-corrected chi connectivity index (χ3v) is 7.93. The average Bonchev–Trinajstić information content (AvgIpc) is 3.28. The van der Waals surface area contributed by atoms with Crippen molar-refractivity contribution in [3.05, 3.63) is 91.3 Å². The Morgan fingerprint density at radius 3 is 2.32 bits per heavy atom. The summed E-state index contributed by atoms with van der Waals surface area (Å²) in [5.41, 5.74) is 7.12. The number of benzene rings is 3. The minimum Gasteiger partial charge on any atom is -0.426 e. The summed E-state index contributed by atoms with van der Waals surface area (Å²) in [6.45, 7) is 9.15. The largest absolute Gasteiger partial charge is 0.426 e. The molecule has 0 N–H and O–H groups in total. The van der Waals surface area contributed by atoms with Crippen molar-refractivity contribution >= 4 is 34.2 Å². The first-order valence-corrected chi connectivity index (χ1v) is 12.1. The highest BCUT2D eigenvalue weighted by Crippen LogP contribution is 2.45. The van der Waals surface area contributed by atoms with E-state index in [1.165, 1.54) is 38.5 Å². The standard InChI is InChI=1S/C30H29BN2O/c1-29(2)20-31(34-30(29,3)4)23-13-14-25-26-17-21(22-9-8-16-32-19-22)12-15-27(26)33(28(25)18-23)24-10-6-5-7-11-24/h5-19H,20H2,1-4H3. The van der Waals surface area contributed by atoms with Crippen molar-refractivity contribution in [1.82, 2.24) is 9.55 Å². The molecule has 1 aliphatic heterocycles. The molecule has 1 saturated heterocycles. The van der Waals surface area contributed by atoms with Gasteiger partial charge in [0.25, 0.3) is 0 Å². The van der Waals surface area contributed by atoms with Crippen molar-refractivity contribution in [1.29, 1.82) is 0 Å². The van der Waals surface area contributed by atoms with Crippen LogP contribution in [0.5, 0.6) is 0 Å². The summed E-state index contributed by atoms with van der Waals surface area (Å²) < 4.78 is 8.96. The van der Waals surface area contributed by atoms with Crippen LogP contribution in [0.25, 0.3) is 38.6 Å². The number of hydrogen-bond donors (Lipinski definition) is 0. The molecule has 5 aromatic rings. The molecule has 3 aromatic carbocycles. The van der Waals surface area contributed by atoms with Gasteiger partial charge in [-0.3, -0.25) is 4.98 Å². The second-order valence-corrected chi connectivity index (χ2v) is 10.6. The normalized spacial score (nSPS) is 17.0. The Balaban J connectivity index is 1.58. The maximum atomic E-state index is 6.58. The molecule has 3 heterocycles. The first kappa shape index (κ1) is 21.2. The molecule has 1 fully saturated rings. The van der Waals surface area contributed by atoms with Crippen LogP contribution in [-0.2, 0) is 4.65 Å². The Bertz CT molecular complexity index is 1490. The summed E-state index contributed by atoms with van der Waals surface area (Å²) in [5, 5.41) is 2.50. The molecule has 3 nitrogen and oxygen atoms in total. The lowest BCUT2D eigenvalue weighted by Gasteiger charge is -2.34. The fourth-order valence-corrected chi connectivity index (χ4v) is 5.26. The first-order valence-electron chi connectivity index (χ1n) is 12.1. The van der Waals surface area contributed by atoms with E-state index in [0.29, 0.717) is 0 Å². The van der Waals surface area contributed by atoms with Crippen molar-refractivity contribution in [2.24, 2.45) is 5.41 Å². The van der Waals surface area contributed by atoms with E-state index in [0.717, 1.165) is 11.9 Å². The van der Waals surface area contributed by atoms with Gasteiger partial charge in [0.2, 0.25) is 0 Å². The second kappa shape index (κ2) is 7.58. The fourth-order valence-electron chi connectivity index (χ4n) is 5.26. The zero-order valence-corrected chi connectivity index (χ0v) is 20.2. The molecule has 0 bridgehead atoms. The minimum absolute atomic E-state index is 0.0996. The highest BCUT2D eigenvalue weighted by atomic mass is 16.5.